The van der Waals surface area contributed by atoms with Gasteiger partial charge in [-0.2, -0.15) is 0 Å². The maximum atomic E-state index is 14.0. The molecular weight excluding hydrogens is 293 g/mol. The van der Waals surface area contributed by atoms with Gasteiger partial charge in [-0.05, 0) is 13.0 Å². The lowest BCUT2D eigenvalue weighted by Gasteiger charge is -2.24. The first-order valence-corrected chi connectivity index (χ1v) is 5.76. The summed E-state index contributed by atoms with van der Waals surface area (Å²) in [6.45, 7) is 1.21. The number of Topliss-reactive ketones (excluding diaryl/α,β-unsaturated/α-hetero) is 1. The number of hydrogen-bond acceptors (Lipinski definition) is 4. The van der Waals surface area contributed by atoms with Gasteiger partial charge in [0.2, 0.25) is 17.2 Å². The van der Waals surface area contributed by atoms with Crippen LogP contribution in [0.4, 0.5) is 9.18 Å². The summed E-state index contributed by atoms with van der Waals surface area (Å²) >= 11 is 5.63. The lowest BCUT2D eigenvalue weighted by atomic mass is 9.91. The molecule has 6 nitrogen and oxygen atoms in total. The van der Waals surface area contributed by atoms with Crippen molar-refractivity contribution < 1.29 is 28.9 Å². The van der Waals surface area contributed by atoms with Crippen LogP contribution in [0.3, 0.4) is 0 Å². The van der Waals surface area contributed by atoms with Crippen LogP contribution in [0.2, 0.25) is 5.02 Å². The van der Waals surface area contributed by atoms with Crippen LogP contribution in [0, 0.1) is 5.82 Å². The number of nitrogens with one attached hydrogen (secondary N) is 1. The molecule has 1 unspecified atom stereocenters. The molecule has 1 atom stereocenters. The highest BCUT2D eigenvalue weighted by Crippen LogP contribution is 2.39. The quantitative estimate of drug-likeness (QED) is 0.779. The Morgan fingerprint density at radius 2 is 2.15 bits per heavy atom. The lowest BCUT2D eigenvalue weighted by molar-refractivity contribution is -0.132. The number of benzene rings is 1. The van der Waals surface area contributed by atoms with Gasteiger partial charge >= 0.3 is 6.09 Å². The van der Waals surface area contributed by atoms with Crippen molar-refractivity contribution in [1.29, 1.82) is 0 Å². The van der Waals surface area contributed by atoms with E-state index in [2.05, 4.69) is 0 Å². The molecule has 0 radical (unpaired) electrons. The molecule has 0 saturated carbocycles. The Balaban J connectivity index is 2.46. The second-order valence-corrected chi connectivity index (χ2v) is 4.58. The number of aliphatic hydroxyl groups excluding tert-OH is 1. The summed E-state index contributed by atoms with van der Waals surface area (Å²) in [5.74, 6) is -3.42. The van der Waals surface area contributed by atoms with E-state index < -0.39 is 34.9 Å². The molecule has 1 aliphatic rings. The summed E-state index contributed by atoms with van der Waals surface area (Å²) < 4.78 is 19.1. The molecule has 0 spiro atoms. The topological polar surface area (TPSA) is 95.9 Å². The van der Waals surface area contributed by atoms with E-state index in [1.165, 1.54) is 25.1 Å². The summed E-state index contributed by atoms with van der Waals surface area (Å²) in [6, 6.07) is 3.95. The van der Waals surface area contributed by atoms with Crippen LogP contribution in [0.5, 0.6) is 0 Å². The van der Waals surface area contributed by atoms with Crippen molar-refractivity contribution >= 4 is 23.5 Å². The van der Waals surface area contributed by atoms with Crippen molar-refractivity contribution in [2.45, 2.75) is 12.5 Å². The van der Waals surface area contributed by atoms with E-state index in [0.29, 0.717) is 0 Å². The third kappa shape index (κ3) is 2.05. The third-order valence-corrected chi connectivity index (χ3v) is 3.15. The van der Waals surface area contributed by atoms with Crippen molar-refractivity contribution in [1.82, 2.24) is 5.32 Å². The highest BCUT2D eigenvalue weighted by atomic mass is 35.5. The molecular formula is C12H9ClFNO5. The molecule has 1 amide bonds. The van der Waals surface area contributed by atoms with Crippen molar-refractivity contribution in [3.8, 4) is 0 Å². The number of carboxylic acid groups (broad SMARTS) is 1. The van der Waals surface area contributed by atoms with E-state index >= 15 is 0 Å². The molecule has 3 N–H and O–H groups in total. The van der Waals surface area contributed by atoms with Gasteiger partial charge in [0.1, 0.15) is 5.82 Å². The zero-order valence-corrected chi connectivity index (χ0v) is 10.9. The SMILES string of the molecule is CC1(c2cccc(Cl)c2F)OC(NC(=O)O)=C(O)C1=O. The number of ketones is 1. The lowest BCUT2D eigenvalue weighted by Crippen LogP contribution is -2.33. The normalized spacial score (nSPS) is 21.9. The smallest absolute Gasteiger partial charge is 0.411 e. The van der Waals surface area contributed by atoms with Crippen LogP contribution < -0.4 is 5.32 Å². The molecule has 0 bridgehead atoms. The van der Waals surface area contributed by atoms with E-state index in [1.54, 1.807) is 5.32 Å². The number of rotatable bonds is 2. The maximum absolute atomic E-state index is 14.0. The van der Waals surface area contributed by atoms with E-state index in [1.807, 2.05) is 0 Å². The fourth-order valence-electron chi connectivity index (χ4n) is 1.86. The van der Waals surface area contributed by atoms with Crippen molar-refractivity contribution in [2.75, 3.05) is 0 Å². The second kappa shape index (κ2) is 4.68. The summed E-state index contributed by atoms with van der Waals surface area (Å²) in [5, 5.41) is 19.7. The van der Waals surface area contributed by atoms with Gasteiger partial charge in [-0.15, -0.1) is 0 Å². The Morgan fingerprint density at radius 1 is 1.50 bits per heavy atom. The summed E-state index contributed by atoms with van der Waals surface area (Å²) in [6.07, 6.45) is -1.53. The van der Waals surface area contributed by atoms with Crippen LogP contribution in [0.25, 0.3) is 0 Å². The molecule has 1 aromatic rings. The van der Waals surface area contributed by atoms with E-state index in [9.17, 15) is 19.1 Å². The standard InChI is InChI=1S/C12H9ClFNO5/c1-12(5-3-2-4-6(13)7(5)14)9(17)8(16)10(20-12)15-11(18)19/h2-4,15-16H,1H3,(H,18,19). The average Bonchev–Trinajstić information content (AvgIpc) is 2.58. The summed E-state index contributed by atoms with van der Waals surface area (Å²) in [5.41, 5.74) is -2.10. The van der Waals surface area contributed by atoms with Gasteiger partial charge in [-0.25, -0.2) is 9.18 Å². The number of carbonyl (C=O) groups is 2. The predicted octanol–water partition coefficient (Wildman–Crippen LogP) is 2.29. The van der Waals surface area contributed by atoms with Crippen LogP contribution in [-0.2, 0) is 15.1 Å². The number of ether oxygens (including phenoxy) is 1. The zero-order valence-electron chi connectivity index (χ0n) is 10.1. The van der Waals surface area contributed by atoms with Gasteiger partial charge in [0.15, 0.2) is 0 Å². The van der Waals surface area contributed by atoms with Gasteiger partial charge in [0.25, 0.3) is 5.78 Å². The van der Waals surface area contributed by atoms with E-state index in [0.717, 1.165) is 0 Å². The first kappa shape index (κ1) is 14.1. The largest absolute Gasteiger partial charge is 0.501 e. The summed E-state index contributed by atoms with van der Waals surface area (Å²) in [7, 11) is 0. The summed E-state index contributed by atoms with van der Waals surface area (Å²) in [4.78, 5) is 22.5. The molecule has 8 heteroatoms. The van der Waals surface area contributed by atoms with E-state index in [-0.39, 0.29) is 10.6 Å². The Bertz CT molecular complexity index is 645. The molecule has 0 aliphatic carbocycles. The minimum atomic E-state index is -1.89. The number of amides is 1. The number of carbonyl (C=O) groups excluding carboxylic acids is 1. The molecule has 0 saturated heterocycles. The Morgan fingerprint density at radius 3 is 2.75 bits per heavy atom. The Kier molecular flexibility index (Phi) is 3.31. The Labute approximate surface area is 117 Å². The van der Waals surface area contributed by atoms with Gasteiger partial charge in [-0.3, -0.25) is 10.1 Å². The highest BCUT2D eigenvalue weighted by Gasteiger charge is 2.50. The molecule has 0 aromatic heterocycles. The molecule has 2 rings (SSSR count). The van der Waals surface area contributed by atoms with Gasteiger partial charge in [0, 0.05) is 5.56 Å². The first-order valence-electron chi connectivity index (χ1n) is 5.39. The van der Waals surface area contributed by atoms with Gasteiger partial charge in [-0.1, -0.05) is 23.7 Å². The van der Waals surface area contributed by atoms with Crippen molar-refractivity contribution in [3.05, 3.63) is 46.2 Å². The van der Waals surface area contributed by atoms with Crippen LogP contribution in [-0.4, -0.2) is 22.1 Å². The van der Waals surface area contributed by atoms with E-state index in [4.69, 9.17) is 21.4 Å². The highest BCUT2D eigenvalue weighted by molar-refractivity contribution is 6.30. The predicted molar refractivity (Wildman–Crippen MR) is 65.7 cm³/mol. The van der Waals surface area contributed by atoms with Crippen LogP contribution in [0.15, 0.2) is 29.8 Å². The second-order valence-electron chi connectivity index (χ2n) is 4.17. The zero-order chi connectivity index (χ0) is 15.1. The number of hydrogen-bond donors (Lipinski definition) is 3. The monoisotopic (exact) mass is 301 g/mol. The molecule has 0 fully saturated rings. The van der Waals surface area contributed by atoms with Crippen LogP contribution in [0.1, 0.15) is 12.5 Å². The van der Waals surface area contributed by atoms with Crippen LogP contribution >= 0.6 is 11.6 Å². The molecule has 1 heterocycles. The van der Waals surface area contributed by atoms with Crippen molar-refractivity contribution in [2.24, 2.45) is 0 Å². The Hall–Kier alpha value is -2.28. The third-order valence-electron chi connectivity index (χ3n) is 2.86. The number of halogens is 2. The minimum absolute atomic E-state index is 0.205. The van der Waals surface area contributed by atoms with Gasteiger partial charge < -0.3 is 14.9 Å². The molecule has 20 heavy (non-hydrogen) atoms. The molecule has 106 valence electrons. The molecule has 1 aromatic carbocycles. The molecule has 1 aliphatic heterocycles. The van der Waals surface area contributed by atoms with Gasteiger partial charge in [0.05, 0.1) is 5.02 Å². The average molecular weight is 302 g/mol. The maximum Gasteiger partial charge on any atom is 0.411 e. The first-order chi connectivity index (χ1) is 9.27. The minimum Gasteiger partial charge on any atom is -0.501 e. The van der Waals surface area contributed by atoms with Crippen molar-refractivity contribution in [3.63, 3.8) is 0 Å². The number of aliphatic hydroxyl groups is 1. The fraction of sp³-hybridized carbons (Fsp3) is 0.167. The fourth-order valence-corrected chi connectivity index (χ4v) is 2.03.